The minimum Gasteiger partial charge on any atom is -0.507 e. The van der Waals surface area contributed by atoms with Crippen LogP contribution in [0.25, 0.3) is 22.3 Å². The second-order valence-corrected chi connectivity index (χ2v) is 13.4. The van der Waals surface area contributed by atoms with Gasteiger partial charge in [-0.25, -0.2) is 0 Å². The lowest BCUT2D eigenvalue weighted by Crippen LogP contribution is -2.61. The Morgan fingerprint density at radius 2 is 1.25 bits per heavy atom. The summed E-state index contributed by atoms with van der Waals surface area (Å²) in [6.07, 6.45) is -25.4. The van der Waals surface area contributed by atoms with E-state index in [2.05, 4.69) is 0 Å². The van der Waals surface area contributed by atoms with Crippen molar-refractivity contribution in [3.63, 3.8) is 0 Å². The minimum absolute atomic E-state index is 0.213. The van der Waals surface area contributed by atoms with Crippen LogP contribution in [0.2, 0.25) is 0 Å². The molecular weight excluding hydrogens is 760 g/mol. The number of benzene rings is 2. The summed E-state index contributed by atoms with van der Waals surface area (Å²) in [7, 11) is 1.15. The maximum atomic E-state index is 14.2. The Balaban J connectivity index is 1.37. The topological polar surface area (TPSA) is 358 Å². The van der Waals surface area contributed by atoms with E-state index in [0.717, 1.165) is 31.4 Å². The van der Waals surface area contributed by atoms with Gasteiger partial charge in [-0.3, -0.25) is 4.79 Å². The first-order valence-electron chi connectivity index (χ1n) is 17.1. The van der Waals surface area contributed by atoms with Crippen LogP contribution in [0, 0.1) is 0 Å². The maximum Gasteiger partial charge on any atom is 0.239 e. The summed E-state index contributed by atoms with van der Waals surface area (Å²) in [5.74, 6) is -4.33. The van der Waals surface area contributed by atoms with Gasteiger partial charge < -0.3 is 104 Å². The number of rotatable bonds is 10. The molecule has 0 bridgehead atoms. The Morgan fingerprint density at radius 1 is 0.661 bits per heavy atom. The summed E-state index contributed by atoms with van der Waals surface area (Å²) in [5, 5.41) is 134. The van der Waals surface area contributed by atoms with Gasteiger partial charge in [-0.1, -0.05) is 0 Å². The van der Waals surface area contributed by atoms with E-state index in [-0.39, 0.29) is 17.1 Å². The van der Waals surface area contributed by atoms with Gasteiger partial charge >= 0.3 is 0 Å². The summed E-state index contributed by atoms with van der Waals surface area (Å²) < 4.78 is 44.4. The molecule has 4 heterocycles. The number of phenols is 3. The van der Waals surface area contributed by atoms with E-state index < -0.39 is 150 Å². The Labute approximate surface area is 314 Å². The first-order valence-corrected chi connectivity index (χ1v) is 17.1. The number of hydrogen-bond acceptors (Lipinski definition) is 22. The van der Waals surface area contributed by atoms with Gasteiger partial charge in [0.05, 0.1) is 26.4 Å². The molecule has 15 atom stereocenters. The van der Waals surface area contributed by atoms with Gasteiger partial charge in [0, 0.05) is 17.7 Å². The highest BCUT2D eigenvalue weighted by molar-refractivity contribution is 5.88. The molecule has 0 spiro atoms. The Morgan fingerprint density at radius 3 is 1.89 bits per heavy atom. The van der Waals surface area contributed by atoms with E-state index in [9.17, 15) is 71.2 Å². The van der Waals surface area contributed by atoms with E-state index >= 15 is 0 Å². The molecule has 3 aliphatic rings. The normalized spacial score (nSPS) is 36.3. The van der Waals surface area contributed by atoms with Crippen LogP contribution in [0.1, 0.15) is 6.92 Å². The third kappa shape index (κ3) is 7.65. The molecule has 56 heavy (non-hydrogen) atoms. The zero-order valence-corrected chi connectivity index (χ0v) is 29.4. The molecule has 3 aliphatic heterocycles. The quantitative estimate of drug-likeness (QED) is 0.0864. The fourth-order valence-electron chi connectivity index (χ4n) is 6.41. The predicted molar refractivity (Wildman–Crippen MR) is 179 cm³/mol. The van der Waals surface area contributed by atoms with Gasteiger partial charge in [0.25, 0.3) is 0 Å². The number of hydrogen-bond donors (Lipinski definition) is 13. The lowest BCUT2D eigenvalue weighted by Gasteiger charge is -2.42. The van der Waals surface area contributed by atoms with Crippen molar-refractivity contribution in [3.05, 3.63) is 34.5 Å². The molecule has 310 valence electrons. The molecule has 6 rings (SSSR count). The largest absolute Gasteiger partial charge is 0.507 e. The summed E-state index contributed by atoms with van der Waals surface area (Å²) in [6.45, 7) is -0.0519. The lowest BCUT2D eigenvalue weighted by atomic mass is 9.98. The van der Waals surface area contributed by atoms with Crippen molar-refractivity contribution in [1.82, 2.24) is 0 Å². The molecule has 1 aromatic heterocycles. The number of aliphatic hydroxyl groups is 10. The second-order valence-electron chi connectivity index (χ2n) is 13.4. The van der Waals surface area contributed by atoms with Crippen LogP contribution in [0.3, 0.4) is 0 Å². The smallest absolute Gasteiger partial charge is 0.239 e. The molecule has 0 amide bonds. The van der Waals surface area contributed by atoms with Crippen LogP contribution < -0.4 is 19.6 Å². The van der Waals surface area contributed by atoms with Crippen LogP contribution >= 0.6 is 0 Å². The molecule has 3 fully saturated rings. The van der Waals surface area contributed by atoms with E-state index in [1.807, 2.05) is 0 Å². The third-order valence-corrected chi connectivity index (χ3v) is 9.68. The maximum absolute atomic E-state index is 14.2. The summed E-state index contributed by atoms with van der Waals surface area (Å²) in [5.41, 5.74) is -1.81. The van der Waals surface area contributed by atoms with Crippen molar-refractivity contribution in [2.24, 2.45) is 0 Å². The number of methoxy groups -OCH3 is 1. The van der Waals surface area contributed by atoms with E-state index in [1.54, 1.807) is 0 Å². The van der Waals surface area contributed by atoms with Gasteiger partial charge in [-0.05, 0) is 19.1 Å². The van der Waals surface area contributed by atoms with Crippen molar-refractivity contribution >= 4 is 11.0 Å². The van der Waals surface area contributed by atoms with Crippen LogP contribution in [0.4, 0.5) is 0 Å². The average molecular weight is 803 g/mol. The molecule has 13 N–H and O–H groups in total. The predicted octanol–water partition coefficient (Wildman–Crippen LogP) is -4.21. The van der Waals surface area contributed by atoms with Crippen LogP contribution in [-0.4, -0.2) is 179 Å². The van der Waals surface area contributed by atoms with Crippen molar-refractivity contribution in [2.45, 2.75) is 99.0 Å². The number of ether oxygens (including phenoxy) is 7. The zero-order valence-electron chi connectivity index (χ0n) is 29.4. The third-order valence-electron chi connectivity index (χ3n) is 9.68. The molecule has 0 aliphatic carbocycles. The number of aromatic hydroxyl groups is 3. The van der Waals surface area contributed by atoms with Gasteiger partial charge in [-0.15, -0.1) is 0 Å². The first-order chi connectivity index (χ1) is 26.5. The van der Waals surface area contributed by atoms with Gasteiger partial charge in [0.1, 0.15) is 89.6 Å². The monoisotopic (exact) mass is 802 g/mol. The van der Waals surface area contributed by atoms with Gasteiger partial charge in [-0.2, -0.15) is 0 Å². The van der Waals surface area contributed by atoms with Crippen LogP contribution in [-0.2, 0) is 18.9 Å². The van der Waals surface area contributed by atoms with E-state index in [4.69, 9.17) is 37.6 Å². The number of aliphatic hydroxyl groups excluding tert-OH is 10. The zero-order chi connectivity index (χ0) is 40.9. The molecule has 3 saturated heterocycles. The van der Waals surface area contributed by atoms with Gasteiger partial charge in [0.2, 0.25) is 29.5 Å². The van der Waals surface area contributed by atoms with Gasteiger partial charge in [0.15, 0.2) is 23.5 Å². The highest BCUT2D eigenvalue weighted by Crippen LogP contribution is 2.44. The summed E-state index contributed by atoms with van der Waals surface area (Å²) in [4.78, 5) is 14.2. The molecule has 0 saturated carbocycles. The van der Waals surface area contributed by atoms with E-state index in [1.165, 1.54) is 6.92 Å². The van der Waals surface area contributed by atoms with E-state index in [0.29, 0.717) is 0 Å². The lowest BCUT2D eigenvalue weighted by molar-refractivity contribution is -0.318. The highest BCUT2D eigenvalue weighted by Gasteiger charge is 2.48. The van der Waals surface area contributed by atoms with Crippen molar-refractivity contribution in [2.75, 3.05) is 20.3 Å². The Hall–Kier alpha value is -4.11. The molecule has 2 aromatic carbocycles. The standard InChI is InChI=1S/C34H42O22/c1-9-19(38)24(43)27(46)32(51-9)50-8-17-22(41)26(45)29(48)34(55-17)56-31-23(42)18-12(36)5-11(52-33-28(47)25(44)21(40)16(7-35)54-33)6-14(18)53-30(31)10-3-13(37)20(39)15(4-10)49-2/h3-6,9,16-17,19,21-22,24-29,32-41,43-48H,7-8H2,1-2H3/t9?,16?,17?,19-,21+,22+,24?,25?,26?,27?,28?,29?,32+,33+,34-/m0/s1. The van der Waals surface area contributed by atoms with Crippen molar-refractivity contribution < 1.29 is 104 Å². The summed E-state index contributed by atoms with van der Waals surface area (Å²) in [6, 6.07) is 3.96. The van der Waals surface area contributed by atoms with Crippen LogP contribution in [0.5, 0.6) is 34.5 Å². The Bertz CT molecular complexity index is 1920. The first kappa shape index (κ1) is 41.5. The number of phenolic OH excluding ortho intramolecular Hbond substituents is 3. The molecular formula is C34H42O22. The summed E-state index contributed by atoms with van der Waals surface area (Å²) >= 11 is 0. The highest BCUT2D eigenvalue weighted by atomic mass is 16.7. The molecule has 0 radical (unpaired) electrons. The van der Waals surface area contributed by atoms with Crippen LogP contribution in [0.15, 0.2) is 33.5 Å². The fraction of sp³-hybridized carbons (Fsp3) is 0.559. The molecule has 9 unspecified atom stereocenters. The average Bonchev–Trinajstić information content (AvgIpc) is 3.17. The van der Waals surface area contributed by atoms with Crippen molar-refractivity contribution in [1.29, 1.82) is 0 Å². The second kappa shape index (κ2) is 16.4. The number of fused-ring (bicyclic) bond motifs is 1. The SMILES string of the molecule is COc1cc(-c2oc3cc(O[C@@H]4OC(CO)[C@@H](O)C(O)C4O)cc(O)c3c(=O)c2O[C@@H]2OC(CO[C@@H]3OC(C)[C@H](O)C(O)C3O)[C@@H](O)C(O)C2O)cc(O)c1O. The molecule has 3 aromatic rings. The minimum atomic E-state index is -2.08. The fourth-order valence-corrected chi connectivity index (χ4v) is 6.41. The molecule has 22 nitrogen and oxygen atoms in total. The molecule has 22 heteroatoms. The Kier molecular flexibility index (Phi) is 12.2. The van der Waals surface area contributed by atoms with Crippen molar-refractivity contribution in [3.8, 4) is 45.8 Å².